The van der Waals surface area contributed by atoms with Gasteiger partial charge in [-0.25, -0.2) is 4.79 Å². The van der Waals surface area contributed by atoms with Gasteiger partial charge in [0.2, 0.25) is 0 Å². The summed E-state index contributed by atoms with van der Waals surface area (Å²) < 4.78 is 0. The van der Waals surface area contributed by atoms with E-state index in [1.54, 1.807) is 35.6 Å². The number of anilines is 1. The Labute approximate surface area is 145 Å². The summed E-state index contributed by atoms with van der Waals surface area (Å²) in [5, 5.41) is 8.60. The van der Waals surface area contributed by atoms with Gasteiger partial charge in [-0.1, -0.05) is 17.7 Å². The van der Waals surface area contributed by atoms with Crippen LogP contribution in [-0.2, 0) is 0 Å². The number of hydrogen-bond acceptors (Lipinski definition) is 3. The van der Waals surface area contributed by atoms with E-state index in [-0.39, 0.29) is 6.03 Å². The van der Waals surface area contributed by atoms with Gasteiger partial charge >= 0.3 is 6.03 Å². The molecule has 1 aromatic heterocycles. The van der Waals surface area contributed by atoms with E-state index in [2.05, 4.69) is 40.1 Å². The first kappa shape index (κ1) is 16.3. The molecule has 0 spiro atoms. The van der Waals surface area contributed by atoms with E-state index in [9.17, 15) is 4.79 Å². The smallest absolute Gasteiger partial charge is 0.319 e. The van der Waals surface area contributed by atoms with Crippen molar-refractivity contribution >= 4 is 34.7 Å². The number of carbonyl (C=O) groups is 1. The lowest BCUT2D eigenvalue weighted by Gasteiger charge is -2.18. The highest BCUT2D eigenvalue weighted by molar-refractivity contribution is 7.10. The van der Waals surface area contributed by atoms with E-state index in [4.69, 9.17) is 11.6 Å². The molecule has 122 valence electrons. The van der Waals surface area contributed by atoms with Crippen LogP contribution in [0.15, 0.2) is 41.8 Å². The van der Waals surface area contributed by atoms with E-state index < -0.39 is 0 Å². The van der Waals surface area contributed by atoms with Crippen molar-refractivity contribution in [2.75, 3.05) is 32.0 Å². The average molecular weight is 350 g/mol. The minimum Gasteiger partial charge on any atom is -0.338 e. The largest absolute Gasteiger partial charge is 0.338 e. The zero-order valence-electron chi connectivity index (χ0n) is 13.0. The number of halogens is 1. The van der Waals surface area contributed by atoms with Crippen LogP contribution >= 0.6 is 22.9 Å². The Balaban J connectivity index is 1.54. The zero-order chi connectivity index (χ0) is 16.2. The molecule has 3 rings (SSSR count). The number of nitrogens with one attached hydrogen (secondary N) is 2. The Morgan fingerprint density at radius 2 is 2.09 bits per heavy atom. The van der Waals surface area contributed by atoms with Gasteiger partial charge in [-0.2, -0.15) is 0 Å². The lowest BCUT2D eigenvalue weighted by Crippen LogP contribution is -2.35. The van der Waals surface area contributed by atoms with Gasteiger partial charge in [0.1, 0.15) is 0 Å². The van der Waals surface area contributed by atoms with Gasteiger partial charge in [0, 0.05) is 41.1 Å². The van der Waals surface area contributed by atoms with Crippen molar-refractivity contribution in [3.8, 4) is 0 Å². The monoisotopic (exact) mass is 349 g/mol. The molecule has 2 amide bonds. The molecule has 2 atom stereocenters. The van der Waals surface area contributed by atoms with Crippen molar-refractivity contribution in [1.29, 1.82) is 0 Å². The Kier molecular flexibility index (Phi) is 5.20. The van der Waals surface area contributed by atoms with E-state index in [0.717, 1.165) is 18.8 Å². The van der Waals surface area contributed by atoms with Crippen LogP contribution in [0.3, 0.4) is 0 Å². The second-order valence-corrected chi connectivity index (χ2v) is 7.36. The molecule has 0 saturated carbocycles. The molecule has 1 saturated heterocycles. The molecule has 0 bridgehead atoms. The van der Waals surface area contributed by atoms with Crippen LogP contribution in [0, 0.1) is 5.92 Å². The Bertz CT molecular complexity index is 644. The first-order chi connectivity index (χ1) is 11.1. The third-order valence-electron chi connectivity index (χ3n) is 4.16. The Morgan fingerprint density at radius 3 is 2.78 bits per heavy atom. The topological polar surface area (TPSA) is 44.4 Å². The van der Waals surface area contributed by atoms with Crippen LogP contribution in [0.5, 0.6) is 0 Å². The van der Waals surface area contributed by atoms with Crippen molar-refractivity contribution in [1.82, 2.24) is 10.2 Å². The summed E-state index contributed by atoms with van der Waals surface area (Å²) in [6.45, 7) is 2.72. The highest BCUT2D eigenvalue weighted by Gasteiger charge is 2.32. The molecular weight excluding hydrogens is 330 g/mol. The molecule has 2 aromatic rings. The maximum absolute atomic E-state index is 12.1. The maximum atomic E-state index is 12.1. The van der Waals surface area contributed by atoms with Gasteiger partial charge < -0.3 is 15.5 Å². The van der Waals surface area contributed by atoms with Gasteiger partial charge in [-0.05, 0) is 48.7 Å². The van der Waals surface area contributed by atoms with Gasteiger partial charge in [-0.3, -0.25) is 0 Å². The van der Waals surface area contributed by atoms with Gasteiger partial charge in [0.25, 0.3) is 0 Å². The molecule has 1 aliphatic rings. The van der Waals surface area contributed by atoms with Crippen LogP contribution in [0.2, 0.25) is 5.02 Å². The quantitative estimate of drug-likeness (QED) is 0.880. The highest BCUT2D eigenvalue weighted by atomic mass is 35.5. The number of nitrogens with zero attached hydrogens (tertiary/aromatic N) is 1. The number of thiophene rings is 1. The van der Waals surface area contributed by atoms with E-state index in [1.165, 1.54) is 4.88 Å². The molecule has 6 heteroatoms. The van der Waals surface area contributed by atoms with Crippen LogP contribution < -0.4 is 10.6 Å². The predicted octanol–water partition coefficient (Wildman–Crippen LogP) is 3.87. The molecule has 1 aromatic carbocycles. The van der Waals surface area contributed by atoms with E-state index in [1.807, 2.05) is 0 Å². The van der Waals surface area contributed by atoms with Crippen LogP contribution in [0.1, 0.15) is 10.8 Å². The average Bonchev–Trinajstić information content (AvgIpc) is 3.16. The first-order valence-corrected chi connectivity index (χ1v) is 8.90. The maximum Gasteiger partial charge on any atom is 0.319 e. The highest BCUT2D eigenvalue weighted by Crippen LogP contribution is 2.34. The SMILES string of the molecule is CN1C[C@H](CNC(=O)Nc2ccc(Cl)cc2)[C@H](c2cccs2)C1. The van der Waals surface area contributed by atoms with E-state index in [0.29, 0.717) is 23.4 Å². The molecule has 0 unspecified atom stereocenters. The third kappa shape index (κ3) is 4.25. The van der Waals surface area contributed by atoms with Gasteiger partial charge in [0.15, 0.2) is 0 Å². The fraction of sp³-hybridized carbons (Fsp3) is 0.353. The fourth-order valence-electron chi connectivity index (χ4n) is 3.05. The predicted molar refractivity (Wildman–Crippen MR) is 96.5 cm³/mol. The Morgan fingerprint density at radius 1 is 1.30 bits per heavy atom. The van der Waals surface area contributed by atoms with Crippen molar-refractivity contribution in [3.05, 3.63) is 51.7 Å². The van der Waals surface area contributed by atoms with Crippen LogP contribution in [0.25, 0.3) is 0 Å². The van der Waals surface area contributed by atoms with Crippen molar-refractivity contribution < 1.29 is 4.79 Å². The minimum absolute atomic E-state index is 0.174. The molecule has 0 aliphatic carbocycles. The number of likely N-dealkylation sites (N-methyl/N-ethyl adjacent to an activating group) is 1. The number of carbonyl (C=O) groups excluding carboxylic acids is 1. The normalized spacial score (nSPS) is 21.3. The van der Waals surface area contributed by atoms with Gasteiger partial charge in [0.05, 0.1) is 0 Å². The number of benzene rings is 1. The third-order valence-corrected chi connectivity index (χ3v) is 5.42. The number of hydrogen-bond donors (Lipinski definition) is 2. The lowest BCUT2D eigenvalue weighted by molar-refractivity contribution is 0.249. The second kappa shape index (κ2) is 7.34. The first-order valence-electron chi connectivity index (χ1n) is 7.64. The number of likely N-dealkylation sites (tertiary alicyclic amines) is 1. The standard InChI is InChI=1S/C17H20ClN3OS/c1-21-10-12(15(11-21)16-3-2-8-23-16)9-19-17(22)20-14-6-4-13(18)5-7-14/h2-8,12,15H,9-11H2,1H3,(H2,19,20,22)/t12-,15+/m0/s1. The summed E-state index contributed by atoms with van der Waals surface area (Å²) in [5.41, 5.74) is 0.741. The fourth-order valence-corrected chi connectivity index (χ4v) is 4.09. The number of amides is 2. The molecule has 1 fully saturated rings. The molecule has 0 radical (unpaired) electrons. The molecule has 4 nitrogen and oxygen atoms in total. The molecule has 1 aliphatic heterocycles. The summed E-state index contributed by atoms with van der Waals surface area (Å²) in [4.78, 5) is 15.8. The molecule has 23 heavy (non-hydrogen) atoms. The van der Waals surface area contributed by atoms with Gasteiger partial charge in [-0.15, -0.1) is 11.3 Å². The van der Waals surface area contributed by atoms with Crippen LogP contribution in [0.4, 0.5) is 10.5 Å². The summed E-state index contributed by atoms with van der Waals surface area (Å²) >= 11 is 7.64. The minimum atomic E-state index is -0.174. The zero-order valence-corrected chi connectivity index (χ0v) is 14.5. The van der Waals surface area contributed by atoms with Crippen LogP contribution in [-0.4, -0.2) is 37.6 Å². The summed E-state index contributed by atoms with van der Waals surface area (Å²) in [7, 11) is 2.13. The molecule has 2 heterocycles. The summed E-state index contributed by atoms with van der Waals surface area (Å²) in [6.07, 6.45) is 0. The van der Waals surface area contributed by atoms with E-state index >= 15 is 0 Å². The number of urea groups is 1. The lowest BCUT2D eigenvalue weighted by atomic mass is 9.94. The molecule has 2 N–H and O–H groups in total. The van der Waals surface area contributed by atoms with Crippen molar-refractivity contribution in [2.24, 2.45) is 5.92 Å². The molecular formula is C17H20ClN3OS. The summed E-state index contributed by atoms with van der Waals surface area (Å²) in [5.74, 6) is 0.936. The Hall–Kier alpha value is -1.56. The summed E-state index contributed by atoms with van der Waals surface area (Å²) in [6, 6.07) is 11.2. The second-order valence-electron chi connectivity index (χ2n) is 5.95. The van der Waals surface area contributed by atoms with Crippen molar-refractivity contribution in [2.45, 2.75) is 5.92 Å². The number of rotatable bonds is 4. The van der Waals surface area contributed by atoms with Crippen molar-refractivity contribution in [3.63, 3.8) is 0 Å².